The highest BCUT2D eigenvalue weighted by Crippen LogP contribution is 2.34. The van der Waals surface area contributed by atoms with E-state index in [-0.39, 0.29) is 0 Å². The number of halogens is 1. The summed E-state index contributed by atoms with van der Waals surface area (Å²) < 4.78 is 4.53. The lowest BCUT2D eigenvalue weighted by Gasteiger charge is -2.14. The Balaban J connectivity index is 1.37. The monoisotopic (exact) mass is 535 g/mol. The van der Waals surface area contributed by atoms with E-state index in [1.807, 2.05) is 30.5 Å². The molecule has 2 aromatic carbocycles. The van der Waals surface area contributed by atoms with Crippen LogP contribution in [0.4, 0.5) is 5.69 Å². The summed E-state index contributed by atoms with van der Waals surface area (Å²) in [5.74, 6) is 1.05. The molecule has 160 valence electrons. The molecule has 5 rings (SSSR count). The quantitative estimate of drug-likeness (QED) is 0.164. The molecule has 0 saturated carbocycles. The number of anilines is 1. The normalized spacial score (nSPS) is 16.3. The molecule has 0 radical (unpaired) electrons. The molecule has 1 aliphatic heterocycles. The number of amides is 1. The van der Waals surface area contributed by atoms with Crippen LogP contribution in [0.1, 0.15) is 24.7 Å². The molecule has 1 amide bonds. The maximum atomic E-state index is 10.6. The van der Waals surface area contributed by atoms with Gasteiger partial charge in [0.1, 0.15) is 5.82 Å². The van der Waals surface area contributed by atoms with E-state index in [1.165, 1.54) is 6.42 Å². The molecule has 1 atom stereocenters. The topological polar surface area (TPSA) is 66.0 Å². The number of carbonyl (C=O) groups is 1. The Labute approximate surface area is 202 Å². The van der Waals surface area contributed by atoms with Crippen molar-refractivity contribution >= 4 is 42.9 Å². The molecule has 1 fully saturated rings. The molecule has 2 N–H and O–H groups in total. The highest BCUT2D eigenvalue weighted by molar-refractivity contribution is 14.1. The van der Waals surface area contributed by atoms with Gasteiger partial charge >= 0.3 is 0 Å². The average molecular weight is 535 g/mol. The Morgan fingerprint density at radius 3 is 2.22 bits per heavy atom. The van der Waals surface area contributed by atoms with Crippen molar-refractivity contribution in [2.24, 2.45) is 0 Å². The van der Waals surface area contributed by atoms with Crippen molar-refractivity contribution < 1.29 is 4.79 Å². The number of imidazole rings is 1. The van der Waals surface area contributed by atoms with Gasteiger partial charge < -0.3 is 14.8 Å². The van der Waals surface area contributed by atoms with Crippen LogP contribution in [-0.4, -0.2) is 38.5 Å². The van der Waals surface area contributed by atoms with Crippen LogP contribution in [0, 0.1) is 0 Å². The fourth-order valence-corrected chi connectivity index (χ4v) is 5.25. The molecule has 8 heteroatoms. The first-order valence-electron chi connectivity index (χ1n) is 10.7. The van der Waals surface area contributed by atoms with Crippen molar-refractivity contribution in [2.75, 3.05) is 11.9 Å². The molecule has 0 bridgehead atoms. The Morgan fingerprint density at radius 1 is 1.00 bits per heavy atom. The van der Waals surface area contributed by atoms with E-state index in [9.17, 15) is 4.79 Å². The zero-order valence-electron chi connectivity index (χ0n) is 17.8. The molecule has 0 spiro atoms. The third-order valence-electron chi connectivity index (χ3n) is 6.12. The summed E-state index contributed by atoms with van der Waals surface area (Å²) in [4.78, 5) is 18.8. The van der Waals surface area contributed by atoms with Crippen LogP contribution in [0.3, 0.4) is 0 Å². The Bertz CT molecular complexity index is 1230. The molecule has 1 saturated heterocycles. The fraction of sp³-hybridized carbons (Fsp3) is 0.167. The van der Waals surface area contributed by atoms with E-state index in [2.05, 4.69) is 90.1 Å². The van der Waals surface area contributed by atoms with Gasteiger partial charge in [0.25, 0.3) is 0 Å². The molecule has 0 unspecified atom stereocenters. The number of nitrogens with zero attached hydrogens (tertiary/aromatic N) is 3. The molecule has 3 heterocycles. The van der Waals surface area contributed by atoms with E-state index in [1.54, 1.807) is 0 Å². The van der Waals surface area contributed by atoms with Crippen molar-refractivity contribution in [1.82, 2.24) is 17.6 Å². The van der Waals surface area contributed by atoms with Crippen molar-refractivity contribution in [3.8, 4) is 33.8 Å². The standard InChI is InChI=1S/C24H23BIN5O/c25-31-21(11-12-22(31)18-7-9-19(10-8-18)28-15-32)17-5-3-16(4-6-17)20-14-27-24(29-20)23-2-1-13-30(23)26/h3-12,14-15,23H,1-2,13,25H2,(H,27,29)(H,28,32)/t23-/m0/s1. The summed E-state index contributed by atoms with van der Waals surface area (Å²) in [5.41, 5.74) is 7.52. The third-order valence-corrected chi connectivity index (χ3v) is 7.27. The van der Waals surface area contributed by atoms with Crippen LogP contribution in [0.15, 0.2) is 66.9 Å². The van der Waals surface area contributed by atoms with E-state index < -0.39 is 0 Å². The summed E-state index contributed by atoms with van der Waals surface area (Å²) in [7, 11) is 2.08. The first kappa shape index (κ1) is 21.0. The van der Waals surface area contributed by atoms with Crippen molar-refractivity contribution in [3.63, 3.8) is 0 Å². The lowest BCUT2D eigenvalue weighted by molar-refractivity contribution is -0.105. The number of aromatic amines is 1. The minimum atomic E-state index is 0.383. The predicted octanol–water partition coefficient (Wildman–Crippen LogP) is 4.66. The maximum Gasteiger partial charge on any atom is 0.223 e. The zero-order chi connectivity index (χ0) is 22.1. The highest BCUT2D eigenvalue weighted by atomic mass is 127. The van der Waals surface area contributed by atoms with Gasteiger partial charge in [-0.3, -0.25) is 4.79 Å². The largest absolute Gasteiger partial charge is 0.393 e. The van der Waals surface area contributed by atoms with Gasteiger partial charge in [0.2, 0.25) is 14.4 Å². The molecule has 2 aromatic heterocycles. The van der Waals surface area contributed by atoms with Gasteiger partial charge in [-0.25, -0.2) is 8.10 Å². The first-order valence-corrected chi connectivity index (χ1v) is 11.6. The van der Waals surface area contributed by atoms with E-state index >= 15 is 0 Å². The van der Waals surface area contributed by atoms with Crippen LogP contribution < -0.4 is 5.32 Å². The Kier molecular flexibility index (Phi) is 5.88. The van der Waals surface area contributed by atoms with Gasteiger partial charge in [-0.05, 0) is 53.8 Å². The summed E-state index contributed by atoms with van der Waals surface area (Å²) in [5, 5.41) is 2.67. The van der Waals surface area contributed by atoms with Gasteiger partial charge in [-0.2, -0.15) is 0 Å². The SMILES string of the molecule is Bn1c(-c2ccc(NC=O)cc2)ccc1-c1ccc(-c2cnc([C@@H]3CCCN3I)[nH]2)cc1. The summed E-state index contributed by atoms with van der Waals surface area (Å²) in [6.45, 7) is 1.12. The second-order valence-electron chi connectivity index (χ2n) is 8.04. The molecule has 4 aromatic rings. The minimum Gasteiger partial charge on any atom is -0.393 e. The fourth-order valence-electron chi connectivity index (χ4n) is 4.37. The van der Waals surface area contributed by atoms with Crippen molar-refractivity contribution in [2.45, 2.75) is 18.9 Å². The van der Waals surface area contributed by atoms with Gasteiger partial charge in [-0.15, -0.1) is 0 Å². The molecular weight excluding hydrogens is 512 g/mol. The smallest absolute Gasteiger partial charge is 0.223 e. The number of benzene rings is 2. The van der Waals surface area contributed by atoms with Crippen LogP contribution in [0.25, 0.3) is 33.8 Å². The zero-order valence-corrected chi connectivity index (χ0v) is 19.9. The van der Waals surface area contributed by atoms with Crippen molar-refractivity contribution in [3.05, 3.63) is 72.7 Å². The number of H-pyrrole nitrogens is 1. The lowest BCUT2D eigenvalue weighted by Crippen LogP contribution is -2.11. The Hall–Kier alpha value is -2.85. The average Bonchev–Trinajstić information content (AvgIpc) is 3.55. The molecule has 32 heavy (non-hydrogen) atoms. The summed E-state index contributed by atoms with van der Waals surface area (Å²) in [6, 6.07) is 21.1. The van der Waals surface area contributed by atoms with Gasteiger partial charge in [-0.1, -0.05) is 36.4 Å². The maximum absolute atomic E-state index is 10.6. The van der Waals surface area contributed by atoms with Crippen LogP contribution >= 0.6 is 22.9 Å². The number of carbonyl (C=O) groups excluding carboxylic acids is 1. The highest BCUT2D eigenvalue weighted by Gasteiger charge is 2.26. The Morgan fingerprint density at radius 2 is 1.62 bits per heavy atom. The van der Waals surface area contributed by atoms with Crippen molar-refractivity contribution in [1.29, 1.82) is 0 Å². The predicted molar refractivity (Wildman–Crippen MR) is 139 cm³/mol. The summed E-state index contributed by atoms with van der Waals surface area (Å²) in [6.07, 6.45) is 5.00. The second-order valence-corrected chi connectivity index (χ2v) is 9.28. The van der Waals surface area contributed by atoms with Crippen LogP contribution in [0.2, 0.25) is 0 Å². The molecule has 6 nitrogen and oxygen atoms in total. The minimum absolute atomic E-state index is 0.383. The molecule has 0 aliphatic carbocycles. The van der Waals surface area contributed by atoms with E-state index in [0.717, 1.165) is 58.2 Å². The lowest BCUT2D eigenvalue weighted by atomic mass is 10.1. The van der Waals surface area contributed by atoms with E-state index in [4.69, 9.17) is 0 Å². The number of aromatic nitrogens is 3. The number of hydrogen-bond donors (Lipinski definition) is 2. The van der Waals surface area contributed by atoms with E-state index in [0.29, 0.717) is 12.5 Å². The van der Waals surface area contributed by atoms with Crippen LogP contribution in [0.5, 0.6) is 0 Å². The van der Waals surface area contributed by atoms with Gasteiger partial charge in [0.05, 0.1) is 17.9 Å². The number of rotatable bonds is 6. The van der Waals surface area contributed by atoms with Gasteiger partial charge in [0, 0.05) is 46.5 Å². The van der Waals surface area contributed by atoms with Crippen LogP contribution in [-0.2, 0) is 4.79 Å². The number of hydrogen-bond acceptors (Lipinski definition) is 3. The third kappa shape index (κ3) is 4.00. The molecule has 1 aliphatic rings. The first-order chi connectivity index (χ1) is 15.6. The number of nitrogens with one attached hydrogen (secondary N) is 2. The summed E-state index contributed by atoms with van der Waals surface area (Å²) >= 11 is 2.40. The van der Waals surface area contributed by atoms with Gasteiger partial charge in [0.15, 0.2) is 0 Å². The molecular formula is C24H23BIN5O. The second kappa shape index (κ2) is 8.95.